The van der Waals surface area contributed by atoms with Crippen LogP contribution in [0.15, 0.2) is 24.3 Å². The van der Waals surface area contributed by atoms with Gasteiger partial charge in [0.2, 0.25) is 0 Å². The van der Waals surface area contributed by atoms with Crippen molar-refractivity contribution in [3.05, 3.63) is 24.3 Å². The van der Waals surface area contributed by atoms with E-state index < -0.39 is 18.9 Å². The van der Waals surface area contributed by atoms with E-state index in [0.29, 0.717) is 11.4 Å². The topological polar surface area (TPSA) is 38.0 Å². The van der Waals surface area contributed by atoms with Crippen LogP contribution in [0, 0.1) is 0 Å². The predicted octanol–water partition coefficient (Wildman–Crippen LogP) is 2.58. The lowest BCUT2D eigenvalue weighted by Gasteiger charge is -2.16. The molecule has 0 unspecified atom stereocenters. The van der Waals surface area contributed by atoms with Crippen molar-refractivity contribution in [2.24, 2.45) is 0 Å². The lowest BCUT2D eigenvalue weighted by atomic mass is 10.2. The van der Waals surface area contributed by atoms with Gasteiger partial charge in [0.25, 0.3) is 0 Å². The number of hydrogen-bond donors (Lipinski definition) is 2. The molecule has 0 aromatic heterocycles. The van der Waals surface area contributed by atoms with Crippen molar-refractivity contribution < 1.29 is 17.6 Å². The standard InChI is InChI=1S/C9H10F4N2/c10-8(11)9(12,13)5-15-7-3-1-6(14)2-4-7/h1-4,8,15H,5,14H2. The van der Waals surface area contributed by atoms with Crippen LogP contribution >= 0.6 is 0 Å². The highest BCUT2D eigenvalue weighted by Crippen LogP contribution is 2.23. The zero-order chi connectivity index (χ0) is 11.5. The normalized spacial score (nSPS) is 11.8. The third-order valence-corrected chi connectivity index (χ3v) is 1.76. The van der Waals surface area contributed by atoms with E-state index in [4.69, 9.17) is 5.73 Å². The molecule has 0 radical (unpaired) electrons. The predicted molar refractivity (Wildman–Crippen MR) is 50.3 cm³/mol. The van der Waals surface area contributed by atoms with Crippen LogP contribution < -0.4 is 11.1 Å². The van der Waals surface area contributed by atoms with E-state index in [1.165, 1.54) is 24.3 Å². The molecule has 0 fully saturated rings. The molecule has 0 bridgehead atoms. The molecular formula is C9H10F4N2. The number of halogens is 4. The molecule has 1 rings (SSSR count). The monoisotopic (exact) mass is 222 g/mol. The zero-order valence-corrected chi connectivity index (χ0v) is 7.68. The third kappa shape index (κ3) is 3.30. The molecule has 0 spiro atoms. The van der Waals surface area contributed by atoms with E-state index in [0.717, 1.165) is 0 Å². The first-order valence-electron chi connectivity index (χ1n) is 4.17. The van der Waals surface area contributed by atoms with Crippen molar-refractivity contribution in [2.75, 3.05) is 17.6 Å². The minimum Gasteiger partial charge on any atom is -0.399 e. The molecule has 0 aliphatic heterocycles. The number of nitrogens with two attached hydrogens (primary N) is 1. The fraction of sp³-hybridized carbons (Fsp3) is 0.333. The maximum Gasteiger partial charge on any atom is 0.324 e. The Hall–Kier alpha value is -1.46. The Balaban J connectivity index is 2.54. The quantitative estimate of drug-likeness (QED) is 0.607. The van der Waals surface area contributed by atoms with Gasteiger partial charge in [-0.2, -0.15) is 8.78 Å². The second-order valence-electron chi connectivity index (χ2n) is 3.04. The molecule has 1 aromatic carbocycles. The van der Waals surface area contributed by atoms with E-state index in [-0.39, 0.29) is 0 Å². The molecule has 0 saturated carbocycles. The number of rotatable bonds is 4. The highest BCUT2D eigenvalue weighted by molar-refractivity contribution is 5.51. The third-order valence-electron chi connectivity index (χ3n) is 1.76. The summed E-state index contributed by atoms with van der Waals surface area (Å²) in [6.45, 7) is -1.10. The molecule has 1 aromatic rings. The first-order chi connectivity index (χ1) is 6.92. The van der Waals surface area contributed by atoms with E-state index in [9.17, 15) is 17.6 Å². The van der Waals surface area contributed by atoms with E-state index in [1.54, 1.807) is 0 Å². The Morgan fingerprint density at radius 3 is 2.20 bits per heavy atom. The van der Waals surface area contributed by atoms with Crippen LogP contribution in [0.1, 0.15) is 0 Å². The first-order valence-corrected chi connectivity index (χ1v) is 4.17. The summed E-state index contributed by atoms with van der Waals surface area (Å²) in [5.41, 5.74) is 6.16. The summed E-state index contributed by atoms with van der Waals surface area (Å²) in [6.07, 6.45) is -3.67. The molecule has 6 heteroatoms. The SMILES string of the molecule is Nc1ccc(NCC(F)(F)C(F)F)cc1. The second kappa shape index (κ2) is 4.37. The van der Waals surface area contributed by atoms with Crippen molar-refractivity contribution in [2.45, 2.75) is 12.3 Å². The molecule has 84 valence electrons. The first kappa shape index (κ1) is 11.6. The van der Waals surface area contributed by atoms with Gasteiger partial charge in [0, 0.05) is 11.4 Å². The van der Waals surface area contributed by atoms with Crippen molar-refractivity contribution in [3.8, 4) is 0 Å². The minimum atomic E-state index is -4.03. The Morgan fingerprint density at radius 1 is 1.20 bits per heavy atom. The van der Waals surface area contributed by atoms with Gasteiger partial charge in [-0.15, -0.1) is 0 Å². The van der Waals surface area contributed by atoms with Crippen LogP contribution in [0.5, 0.6) is 0 Å². The van der Waals surface area contributed by atoms with Crippen LogP contribution in [0.3, 0.4) is 0 Å². The maximum absolute atomic E-state index is 12.5. The van der Waals surface area contributed by atoms with Crippen LogP contribution in [0.4, 0.5) is 28.9 Å². The van der Waals surface area contributed by atoms with Gasteiger partial charge in [0.05, 0.1) is 6.54 Å². The lowest BCUT2D eigenvalue weighted by Crippen LogP contribution is -2.34. The number of hydrogen-bond acceptors (Lipinski definition) is 2. The summed E-state index contributed by atoms with van der Waals surface area (Å²) in [6, 6.07) is 5.86. The Bertz CT molecular complexity index is 310. The number of benzene rings is 1. The molecule has 2 nitrogen and oxygen atoms in total. The summed E-state index contributed by atoms with van der Waals surface area (Å²) < 4.78 is 48.5. The zero-order valence-electron chi connectivity index (χ0n) is 7.68. The van der Waals surface area contributed by atoms with Crippen molar-refractivity contribution in [1.82, 2.24) is 0 Å². The van der Waals surface area contributed by atoms with Gasteiger partial charge in [-0.1, -0.05) is 0 Å². The van der Waals surface area contributed by atoms with E-state index >= 15 is 0 Å². The second-order valence-corrected chi connectivity index (χ2v) is 3.04. The fourth-order valence-corrected chi connectivity index (χ4v) is 0.898. The number of anilines is 2. The summed E-state index contributed by atoms with van der Waals surface area (Å²) >= 11 is 0. The highest BCUT2D eigenvalue weighted by Gasteiger charge is 2.40. The molecule has 0 heterocycles. The van der Waals surface area contributed by atoms with Crippen LogP contribution in [-0.4, -0.2) is 18.9 Å². The molecule has 0 aliphatic carbocycles. The Kier molecular flexibility index (Phi) is 3.39. The highest BCUT2D eigenvalue weighted by atomic mass is 19.3. The largest absolute Gasteiger partial charge is 0.399 e. The fourth-order valence-electron chi connectivity index (χ4n) is 0.898. The van der Waals surface area contributed by atoms with Crippen LogP contribution in [0.2, 0.25) is 0 Å². The van der Waals surface area contributed by atoms with Gasteiger partial charge < -0.3 is 11.1 Å². The number of nitrogens with one attached hydrogen (secondary N) is 1. The van der Waals surface area contributed by atoms with Crippen LogP contribution in [-0.2, 0) is 0 Å². The molecule has 15 heavy (non-hydrogen) atoms. The summed E-state index contributed by atoms with van der Waals surface area (Å²) in [5.74, 6) is -4.03. The summed E-state index contributed by atoms with van der Waals surface area (Å²) in [4.78, 5) is 0. The average molecular weight is 222 g/mol. The van der Waals surface area contributed by atoms with Gasteiger partial charge in [-0.3, -0.25) is 0 Å². The van der Waals surface area contributed by atoms with Gasteiger partial charge in [0.1, 0.15) is 0 Å². The Labute approximate surface area is 84.1 Å². The summed E-state index contributed by atoms with van der Waals surface area (Å²) in [7, 11) is 0. The summed E-state index contributed by atoms with van der Waals surface area (Å²) in [5, 5.41) is 2.21. The molecule has 3 N–H and O–H groups in total. The smallest absolute Gasteiger partial charge is 0.324 e. The van der Waals surface area contributed by atoms with Crippen LogP contribution in [0.25, 0.3) is 0 Å². The van der Waals surface area contributed by atoms with Gasteiger partial charge >= 0.3 is 12.3 Å². The van der Waals surface area contributed by atoms with Crippen molar-refractivity contribution >= 4 is 11.4 Å². The molecule has 0 saturated heterocycles. The van der Waals surface area contributed by atoms with E-state index in [1.807, 2.05) is 0 Å². The van der Waals surface area contributed by atoms with Gasteiger partial charge in [-0.05, 0) is 24.3 Å². The molecule has 0 atom stereocenters. The van der Waals surface area contributed by atoms with E-state index in [2.05, 4.69) is 5.32 Å². The van der Waals surface area contributed by atoms with Gasteiger partial charge in [-0.25, -0.2) is 8.78 Å². The van der Waals surface area contributed by atoms with Crippen molar-refractivity contribution in [1.29, 1.82) is 0 Å². The average Bonchev–Trinajstić information content (AvgIpc) is 2.17. The van der Waals surface area contributed by atoms with Gasteiger partial charge in [0.15, 0.2) is 0 Å². The minimum absolute atomic E-state index is 0.324. The number of nitrogen functional groups attached to an aromatic ring is 1. The number of alkyl halides is 4. The molecular weight excluding hydrogens is 212 g/mol. The molecule has 0 amide bonds. The maximum atomic E-state index is 12.5. The molecule has 0 aliphatic rings. The lowest BCUT2D eigenvalue weighted by molar-refractivity contribution is -0.117. The Morgan fingerprint density at radius 2 is 1.73 bits per heavy atom. The van der Waals surface area contributed by atoms with Crippen molar-refractivity contribution in [3.63, 3.8) is 0 Å².